The molecule has 1 fully saturated rings. The third-order valence-electron chi connectivity index (χ3n) is 9.31. The summed E-state index contributed by atoms with van der Waals surface area (Å²) in [5, 5.41) is 16.4. The zero-order chi connectivity index (χ0) is 38.1. The summed E-state index contributed by atoms with van der Waals surface area (Å²) in [4.78, 5) is 37.7. The molecule has 0 bridgehead atoms. The molecule has 3 unspecified atom stereocenters. The molecule has 280 valence electrons. The molecular weight excluding hydrogens is 706 g/mol. The van der Waals surface area contributed by atoms with Gasteiger partial charge in [-0.2, -0.15) is 0 Å². The Kier molecular flexibility index (Phi) is 11.4. The van der Waals surface area contributed by atoms with Gasteiger partial charge in [0, 0.05) is 69.5 Å². The average Bonchev–Trinajstić information content (AvgIpc) is 3.42. The van der Waals surface area contributed by atoms with Crippen molar-refractivity contribution in [3.8, 4) is 11.3 Å². The number of halogens is 1. The van der Waals surface area contributed by atoms with Gasteiger partial charge in [0.1, 0.15) is 11.6 Å². The first-order valence-electron chi connectivity index (χ1n) is 17.2. The summed E-state index contributed by atoms with van der Waals surface area (Å²) in [6, 6.07) is 9.57. The second-order valence-corrected chi connectivity index (χ2v) is 22.4. The first-order chi connectivity index (χ1) is 24.4. The van der Waals surface area contributed by atoms with Crippen molar-refractivity contribution < 1.29 is 32.2 Å². The number of nitrogens with zero attached hydrogens (tertiary/aromatic N) is 5. The molecule has 0 aliphatic carbocycles. The van der Waals surface area contributed by atoms with E-state index in [9.17, 15) is 23.1 Å². The SMILES string of the molecule is Cc1cnc(Nc2cccc(S(C)(=O)=O)c2F)nc1-c1cn(COCC[Si](C)(C)C)c2c(NC(=O)C(C)N3CC(C)N(C(=O)O)C(C)C3)cccc12. The van der Waals surface area contributed by atoms with Gasteiger partial charge in [0.05, 0.1) is 28.6 Å². The molecule has 1 aliphatic rings. The van der Waals surface area contributed by atoms with E-state index in [-0.39, 0.29) is 36.4 Å². The van der Waals surface area contributed by atoms with Crippen LogP contribution >= 0.6 is 0 Å². The second-order valence-electron chi connectivity index (χ2n) is 14.8. The monoisotopic (exact) mass is 753 g/mol. The van der Waals surface area contributed by atoms with Crippen LogP contribution in [0.2, 0.25) is 25.7 Å². The number of hydrogen-bond acceptors (Lipinski definition) is 9. The van der Waals surface area contributed by atoms with E-state index < -0.39 is 40.8 Å². The standard InChI is InChI=1S/C36H48FN7O6SSi/c1-22-17-38-35(40-28-12-10-14-30(31(28)37)51(5,48)49)41-32(22)27-20-43(21-50-15-16-52(6,7)8)33-26(27)11-9-13-29(33)39-34(45)25(4)42-18-23(2)44(36(46)47)24(3)19-42/h9-14,17,20,23-25H,15-16,18-19,21H2,1-8H3,(H,39,45)(H,46,47)(H,38,40,41). The number of rotatable bonds is 12. The van der Waals surface area contributed by atoms with Crippen LogP contribution in [-0.2, 0) is 26.1 Å². The Labute approximate surface area is 305 Å². The molecule has 0 spiro atoms. The zero-order valence-electron chi connectivity index (χ0n) is 30.9. The highest BCUT2D eigenvalue weighted by Gasteiger charge is 2.36. The van der Waals surface area contributed by atoms with Crippen LogP contribution in [0.15, 0.2) is 53.7 Å². The van der Waals surface area contributed by atoms with E-state index in [4.69, 9.17) is 9.72 Å². The quantitative estimate of drug-likeness (QED) is 0.109. The van der Waals surface area contributed by atoms with Crippen LogP contribution in [-0.4, -0.2) is 102 Å². The summed E-state index contributed by atoms with van der Waals surface area (Å²) < 4.78 is 47.6. The van der Waals surface area contributed by atoms with E-state index in [0.29, 0.717) is 31.1 Å². The Morgan fingerprint density at radius 2 is 1.75 bits per heavy atom. The molecule has 3 atom stereocenters. The number of carbonyl (C=O) groups is 2. The number of nitrogens with one attached hydrogen (secondary N) is 2. The normalized spacial score (nSPS) is 17.7. The van der Waals surface area contributed by atoms with Gasteiger partial charge in [0.25, 0.3) is 0 Å². The van der Waals surface area contributed by atoms with E-state index in [1.165, 1.54) is 23.1 Å². The van der Waals surface area contributed by atoms with Gasteiger partial charge in [-0.25, -0.2) is 27.6 Å². The third kappa shape index (κ3) is 8.62. The van der Waals surface area contributed by atoms with E-state index in [1.54, 1.807) is 6.20 Å². The van der Waals surface area contributed by atoms with E-state index in [2.05, 4.69) is 35.3 Å². The minimum absolute atomic E-state index is 0.0715. The Morgan fingerprint density at radius 3 is 2.38 bits per heavy atom. The van der Waals surface area contributed by atoms with Crippen LogP contribution in [0.3, 0.4) is 0 Å². The smallest absolute Gasteiger partial charge is 0.407 e. The number of hydrogen-bond donors (Lipinski definition) is 3. The fourth-order valence-corrected chi connectivity index (χ4v) is 8.06. The number of piperazine rings is 1. The van der Waals surface area contributed by atoms with Crippen LogP contribution < -0.4 is 10.6 Å². The number of aromatic nitrogens is 3. The van der Waals surface area contributed by atoms with Crippen LogP contribution in [0, 0.1) is 12.7 Å². The molecule has 3 heterocycles. The summed E-state index contributed by atoms with van der Waals surface area (Å²) in [6.45, 7) is 15.9. The Morgan fingerprint density at radius 1 is 1.10 bits per heavy atom. The minimum Gasteiger partial charge on any atom is -0.465 e. The Hall–Kier alpha value is -4.38. The largest absolute Gasteiger partial charge is 0.465 e. The second kappa shape index (κ2) is 15.3. The summed E-state index contributed by atoms with van der Waals surface area (Å²) in [6.07, 6.45) is 3.50. The number of amides is 2. The van der Waals surface area contributed by atoms with Crippen molar-refractivity contribution in [1.29, 1.82) is 0 Å². The number of sulfone groups is 1. The molecule has 13 nitrogen and oxygen atoms in total. The highest BCUT2D eigenvalue weighted by molar-refractivity contribution is 7.90. The molecule has 2 aromatic heterocycles. The summed E-state index contributed by atoms with van der Waals surface area (Å²) in [7, 11) is -5.16. The first-order valence-corrected chi connectivity index (χ1v) is 22.8. The number of ether oxygens (including phenoxy) is 1. The van der Waals surface area contributed by atoms with Gasteiger partial charge in [-0.15, -0.1) is 0 Å². The van der Waals surface area contributed by atoms with Gasteiger partial charge in [0.2, 0.25) is 11.9 Å². The van der Waals surface area contributed by atoms with Crippen molar-refractivity contribution in [2.24, 2.45) is 0 Å². The lowest BCUT2D eigenvalue weighted by Gasteiger charge is -2.44. The Bertz CT molecular complexity index is 2080. The maximum Gasteiger partial charge on any atom is 0.407 e. The third-order valence-corrected chi connectivity index (χ3v) is 12.1. The fourth-order valence-electron chi connectivity index (χ4n) is 6.54. The summed E-state index contributed by atoms with van der Waals surface area (Å²) in [5.41, 5.74) is 3.24. The molecule has 1 saturated heterocycles. The molecule has 1 aliphatic heterocycles. The van der Waals surface area contributed by atoms with Gasteiger partial charge < -0.3 is 29.9 Å². The molecular formula is C36H48FN7O6SSi. The van der Waals surface area contributed by atoms with Gasteiger partial charge >= 0.3 is 6.09 Å². The predicted octanol–water partition coefficient (Wildman–Crippen LogP) is 6.40. The van der Waals surface area contributed by atoms with E-state index in [1.807, 2.05) is 61.6 Å². The number of carboxylic acid groups (broad SMARTS) is 1. The molecule has 52 heavy (non-hydrogen) atoms. The lowest BCUT2D eigenvalue weighted by Crippen LogP contribution is -2.61. The highest BCUT2D eigenvalue weighted by atomic mass is 32.2. The molecule has 16 heteroatoms. The maximum absolute atomic E-state index is 15.2. The van der Waals surface area contributed by atoms with Gasteiger partial charge in [0.15, 0.2) is 15.7 Å². The predicted molar refractivity (Wildman–Crippen MR) is 203 cm³/mol. The van der Waals surface area contributed by atoms with Crippen molar-refractivity contribution in [3.05, 3.63) is 60.2 Å². The minimum atomic E-state index is -3.81. The first kappa shape index (κ1) is 38.8. The highest BCUT2D eigenvalue weighted by Crippen LogP contribution is 2.36. The fraction of sp³-hybridized carbons (Fsp3) is 0.444. The molecule has 0 saturated carbocycles. The number of benzene rings is 2. The van der Waals surface area contributed by atoms with Gasteiger partial charge in [-0.3, -0.25) is 9.69 Å². The van der Waals surface area contributed by atoms with Crippen molar-refractivity contribution >= 4 is 58.1 Å². The van der Waals surface area contributed by atoms with Crippen molar-refractivity contribution in [3.63, 3.8) is 0 Å². The number of fused-ring (bicyclic) bond motifs is 1. The van der Waals surface area contributed by atoms with Crippen LogP contribution in [0.4, 0.5) is 26.5 Å². The number of anilines is 3. The molecule has 3 N–H and O–H groups in total. The topological polar surface area (TPSA) is 159 Å². The van der Waals surface area contributed by atoms with Crippen LogP contribution in [0.5, 0.6) is 0 Å². The van der Waals surface area contributed by atoms with E-state index >= 15 is 4.39 Å². The molecule has 2 amide bonds. The molecule has 2 aromatic carbocycles. The lowest BCUT2D eigenvalue weighted by molar-refractivity contribution is -0.122. The van der Waals surface area contributed by atoms with Gasteiger partial charge in [-0.1, -0.05) is 37.8 Å². The van der Waals surface area contributed by atoms with Crippen molar-refractivity contribution in [2.75, 3.05) is 36.6 Å². The summed E-state index contributed by atoms with van der Waals surface area (Å²) >= 11 is 0. The van der Waals surface area contributed by atoms with Crippen LogP contribution in [0.25, 0.3) is 22.2 Å². The molecule has 4 aromatic rings. The van der Waals surface area contributed by atoms with E-state index in [0.717, 1.165) is 34.3 Å². The summed E-state index contributed by atoms with van der Waals surface area (Å²) in [5.74, 6) is -1.08. The number of carbonyl (C=O) groups excluding carboxylic acids is 1. The molecule has 5 rings (SSSR count). The lowest BCUT2D eigenvalue weighted by atomic mass is 10.1. The van der Waals surface area contributed by atoms with Gasteiger partial charge in [-0.05, 0) is 57.5 Å². The van der Waals surface area contributed by atoms with Crippen molar-refractivity contribution in [1.82, 2.24) is 24.3 Å². The zero-order valence-corrected chi connectivity index (χ0v) is 32.7. The average molecular weight is 754 g/mol. The Balaban J connectivity index is 1.50. The maximum atomic E-state index is 15.2. The number of para-hydroxylation sites is 1. The van der Waals surface area contributed by atoms with Crippen molar-refractivity contribution in [2.45, 2.75) is 83.1 Å². The van der Waals surface area contributed by atoms with Crippen LogP contribution in [0.1, 0.15) is 26.3 Å². The molecule has 0 radical (unpaired) electrons. The number of aryl methyl sites for hydroxylation is 1.